The number of ketones is 1. The van der Waals surface area contributed by atoms with Crippen molar-refractivity contribution in [3.63, 3.8) is 0 Å². The Kier molecular flexibility index (Phi) is 5.19. The maximum Gasteiger partial charge on any atom is 0.372 e. The van der Waals surface area contributed by atoms with Gasteiger partial charge in [0.25, 0.3) is 0 Å². The summed E-state index contributed by atoms with van der Waals surface area (Å²) in [5.41, 5.74) is 0. The third kappa shape index (κ3) is 3.58. The molecule has 0 aliphatic heterocycles. The monoisotopic (exact) mass is 240 g/mol. The highest BCUT2D eigenvalue weighted by Gasteiger charge is 2.27. The first kappa shape index (κ1) is 13.7. The Morgan fingerprint density at radius 3 is 2.59 bits per heavy atom. The molecule has 0 spiro atoms. The molecule has 17 heavy (non-hydrogen) atoms. The molecular formula is C13H20O4. The van der Waals surface area contributed by atoms with Gasteiger partial charge in [0.15, 0.2) is 0 Å². The highest BCUT2D eigenvalue weighted by atomic mass is 16.6. The van der Waals surface area contributed by atoms with Crippen LogP contribution in [0.15, 0.2) is 11.8 Å². The van der Waals surface area contributed by atoms with Crippen LogP contribution in [0, 0.1) is 11.8 Å². The lowest BCUT2D eigenvalue weighted by Gasteiger charge is -2.24. The molecule has 1 aliphatic carbocycles. The van der Waals surface area contributed by atoms with Crippen molar-refractivity contribution in [2.75, 3.05) is 14.2 Å². The van der Waals surface area contributed by atoms with Crippen molar-refractivity contribution in [1.29, 1.82) is 0 Å². The van der Waals surface area contributed by atoms with Crippen LogP contribution in [0.1, 0.15) is 32.6 Å². The van der Waals surface area contributed by atoms with Gasteiger partial charge in [0.1, 0.15) is 5.78 Å². The van der Waals surface area contributed by atoms with E-state index in [2.05, 4.69) is 4.74 Å². The molecule has 1 rings (SSSR count). The summed E-state index contributed by atoms with van der Waals surface area (Å²) in [7, 11) is 2.74. The average molecular weight is 240 g/mol. The molecule has 2 atom stereocenters. The number of Topliss-reactive ketones (excluding diaryl/α,β-unsaturated/α-hetero) is 1. The first-order valence-corrected chi connectivity index (χ1v) is 5.97. The normalized spacial score (nSPS) is 23.1. The largest absolute Gasteiger partial charge is 0.490 e. The quantitative estimate of drug-likeness (QED) is 0.429. The van der Waals surface area contributed by atoms with Crippen molar-refractivity contribution in [3.05, 3.63) is 11.8 Å². The van der Waals surface area contributed by atoms with Crippen LogP contribution in [0.4, 0.5) is 0 Å². The van der Waals surface area contributed by atoms with E-state index in [4.69, 9.17) is 4.74 Å². The summed E-state index contributed by atoms with van der Waals surface area (Å²) in [6.07, 6.45) is 5.31. The summed E-state index contributed by atoms with van der Waals surface area (Å²) >= 11 is 0. The number of hydrogen-bond donors (Lipinski definition) is 0. The van der Waals surface area contributed by atoms with Crippen LogP contribution in [-0.2, 0) is 19.1 Å². The fourth-order valence-electron chi connectivity index (χ4n) is 2.24. The highest BCUT2D eigenvalue weighted by Crippen LogP contribution is 2.28. The second kappa shape index (κ2) is 6.42. The fraction of sp³-hybridized carbons (Fsp3) is 0.692. The van der Waals surface area contributed by atoms with E-state index in [0.29, 0.717) is 12.2 Å². The third-order valence-corrected chi connectivity index (χ3v) is 3.26. The zero-order valence-electron chi connectivity index (χ0n) is 10.7. The van der Waals surface area contributed by atoms with E-state index in [-0.39, 0.29) is 17.6 Å². The molecule has 1 aliphatic rings. The van der Waals surface area contributed by atoms with Crippen molar-refractivity contribution in [1.82, 2.24) is 0 Å². The Bertz CT molecular complexity index is 319. The number of allylic oxidation sites excluding steroid dienone is 1. The molecule has 96 valence electrons. The molecule has 4 heteroatoms. The van der Waals surface area contributed by atoms with Gasteiger partial charge in [0.2, 0.25) is 5.76 Å². The van der Waals surface area contributed by atoms with Crippen LogP contribution in [0.25, 0.3) is 0 Å². The van der Waals surface area contributed by atoms with Gasteiger partial charge >= 0.3 is 5.97 Å². The summed E-state index contributed by atoms with van der Waals surface area (Å²) in [4.78, 5) is 23.1. The Morgan fingerprint density at radius 2 is 2.06 bits per heavy atom. The van der Waals surface area contributed by atoms with Crippen LogP contribution >= 0.6 is 0 Å². The minimum absolute atomic E-state index is 0.0110. The number of methoxy groups -OCH3 is 2. The lowest BCUT2D eigenvalue weighted by atomic mass is 9.79. The summed E-state index contributed by atoms with van der Waals surface area (Å²) in [6, 6.07) is 0. The van der Waals surface area contributed by atoms with E-state index < -0.39 is 5.97 Å². The van der Waals surface area contributed by atoms with Crippen molar-refractivity contribution in [2.45, 2.75) is 32.6 Å². The van der Waals surface area contributed by atoms with Gasteiger partial charge in [0, 0.05) is 12.3 Å². The molecule has 0 amide bonds. The number of hydrogen-bond acceptors (Lipinski definition) is 4. The standard InChI is InChI=1S/C13H20O4/c1-9(8-12(16-2)13(15)17-3)10-6-4-5-7-11(10)14/h8-10H,4-7H2,1-3H3/b12-8-. The minimum atomic E-state index is -0.498. The molecule has 4 nitrogen and oxygen atoms in total. The average Bonchev–Trinajstić information content (AvgIpc) is 2.35. The molecular weight excluding hydrogens is 220 g/mol. The SMILES string of the molecule is COC(=O)/C(=C/C(C)C1CCCCC1=O)OC. The summed E-state index contributed by atoms with van der Waals surface area (Å²) in [5.74, 6) is -0.00305. The lowest BCUT2D eigenvalue weighted by Crippen LogP contribution is -2.25. The lowest BCUT2D eigenvalue weighted by molar-refractivity contribution is -0.139. The van der Waals surface area contributed by atoms with Gasteiger partial charge in [-0.3, -0.25) is 4.79 Å². The highest BCUT2D eigenvalue weighted by molar-refractivity contribution is 5.86. The molecule has 0 bridgehead atoms. The van der Waals surface area contributed by atoms with Crippen LogP contribution in [0.5, 0.6) is 0 Å². The van der Waals surface area contributed by atoms with E-state index in [1.165, 1.54) is 14.2 Å². The van der Waals surface area contributed by atoms with Gasteiger partial charge < -0.3 is 9.47 Å². The molecule has 0 aromatic rings. The zero-order valence-corrected chi connectivity index (χ0v) is 10.7. The third-order valence-electron chi connectivity index (χ3n) is 3.26. The predicted molar refractivity (Wildman–Crippen MR) is 63.2 cm³/mol. The maximum absolute atomic E-state index is 11.8. The van der Waals surface area contributed by atoms with Crippen LogP contribution < -0.4 is 0 Å². The Balaban J connectivity index is 2.73. The number of rotatable bonds is 4. The van der Waals surface area contributed by atoms with Crippen molar-refractivity contribution in [2.24, 2.45) is 11.8 Å². The summed E-state index contributed by atoms with van der Waals surface area (Å²) in [5, 5.41) is 0. The summed E-state index contributed by atoms with van der Waals surface area (Å²) < 4.78 is 9.58. The van der Waals surface area contributed by atoms with Crippen LogP contribution in [0.3, 0.4) is 0 Å². The molecule has 2 unspecified atom stereocenters. The topological polar surface area (TPSA) is 52.6 Å². The van der Waals surface area contributed by atoms with Gasteiger partial charge in [-0.05, 0) is 24.8 Å². The molecule has 0 radical (unpaired) electrons. The first-order chi connectivity index (χ1) is 8.10. The van der Waals surface area contributed by atoms with Gasteiger partial charge in [-0.15, -0.1) is 0 Å². The van der Waals surface area contributed by atoms with Gasteiger partial charge in [0.05, 0.1) is 14.2 Å². The number of carbonyl (C=O) groups is 2. The molecule has 1 fully saturated rings. The molecule has 0 saturated heterocycles. The van der Waals surface area contributed by atoms with Gasteiger partial charge in [-0.1, -0.05) is 13.3 Å². The molecule has 0 aromatic carbocycles. The Labute approximate surface area is 102 Å². The summed E-state index contributed by atoms with van der Waals surface area (Å²) in [6.45, 7) is 1.94. The molecule has 0 aromatic heterocycles. The Hall–Kier alpha value is -1.32. The second-order valence-electron chi connectivity index (χ2n) is 4.40. The Morgan fingerprint density at radius 1 is 1.35 bits per heavy atom. The van der Waals surface area contributed by atoms with Gasteiger partial charge in [-0.2, -0.15) is 0 Å². The number of carbonyl (C=O) groups excluding carboxylic acids is 2. The molecule has 0 heterocycles. The maximum atomic E-state index is 11.8. The molecule has 0 N–H and O–H groups in total. The van der Waals surface area contributed by atoms with Crippen molar-refractivity contribution >= 4 is 11.8 Å². The number of ether oxygens (including phenoxy) is 2. The van der Waals surface area contributed by atoms with Gasteiger partial charge in [-0.25, -0.2) is 4.79 Å². The van der Waals surface area contributed by atoms with Crippen LogP contribution in [0.2, 0.25) is 0 Å². The van der Waals surface area contributed by atoms with E-state index in [0.717, 1.165) is 19.3 Å². The fourth-order valence-corrected chi connectivity index (χ4v) is 2.24. The van der Waals surface area contributed by atoms with Crippen molar-refractivity contribution in [3.8, 4) is 0 Å². The van der Waals surface area contributed by atoms with E-state index in [1.54, 1.807) is 6.08 Å². The number of esters is 1. The second-order valence-corrected chi connectivity index (χ2v) is 4.40. The van der Waals surface area contributed by atoms with E-state index >= 15 is 0 Å². The van der Waals surface area contributed by atoms with E-state index in [9.17, 15) is 9.59 Å². The molecule has 1 saturated carbocycles. The zero-order chi connectivity index (χ0) is 12.8. The minimum Gasteiger partial charge on any atom is -0.490 e. The van der Waals surface area contributed by atoms with Crippen molar-refractivity contribution < 1.29 is 19.1 Å². The van der Waals surface area contributed by atoms with Crippen LogP contribution in [-0.4, -0.2) is 26.0 Å². The smallest absolute Gasteiger partial charge is 0.372 e. The first-order valence-electron chi connectivity index (χ1n) is 5.97. The predicted octanol–water partition coefficient (Wildman–Crippen LogP) is 2.09. The van der Waals surface area contributed by atoms with E-state index in [1.807, 2.05) is 6.92 Å².